The van der Waals surface area contributed by atoms with Gasteiger partial charge in [-0.2, -0.15) is 0 Å². The molecule has 0 radical (unpaired) electrons. The lowest BCUT2D eigenvalue weighted by molar-refractivity contribution is 1.26. The van der Waals surface area contributed by atoms with Crippen molar-refractivity contribution in [3.8, 4) is 0 Å². The summed E-state index contributed by atoms with van der Waals surface area (Å²) in [6.45, 7) is 0. The molecule has 0 aliphatic heterocycles. The van der Waals surface area contributed by atoms with Crippen LogP contribution in [0.4, 0.5) is 5.82 Å². The van der Waals surface area contributed by atoms with Gasteiger partial charge in [0.2, 0.25) is 0 Å². The molecule has 1 aromatic carbocycles. The molecule has 92 valence electrons. The van der Waals surface area contributed by atoms with Gasteiger partial charge >= 0.3 is 0 Å². The first-order valence-electron chi connectivity index (χ1n) is 4.97. The summed E-state index contributed by atoms with van der Waals surface area (Å²) >= 11 is 17.6. The molecule has 2 aromatic rings. The first-order valence-corrected chi connectivity index (χ1v) is 6.11. The van der Waals surface area contributed by atoms with E-state index in [1.807, 2.05) is 0 Å². The Morgan fingerprint density at radius 1 is 1.06 bits per heavy atom. The zero-order chi connectivity index (χ0) is 13.1. The second-order valence-corrected chi connectivity index (χ2v) is 4.74. The summed E-state index contributed by atoms with van der Waals surface area (Å²) in [7, 11) is 0. The van der Waals surface area contributed by atoms with Crippen LogP contribution in [0.2, 0.25) is 15.1 Å². The van der Waals surface area contributed by atoms with Gasteiger partial charge in [0.05, 0.1) is 10.0 Å². The maximum absolute atomic E-state index is 6.03. The van der Waals surface area contributed by atoms with Crippen LogP contribution in [-0.2, 0) is 0 Å². The molecular formula is C12H8Cl3N3. The summed E-state index contributed by atoms with van der Waals surface area (Å²) < 4.78 is 0. The number of pyridine rings is 1. The van der Waals surface area contributed by atoms with E-state index in [0.717, 1.165) is 0 Å². The topological polar surface area (TPSA) is 51.3 Å². The van der Waals surface area contributed by atoms with E-state index in [0.29, 0.717) is 26.4 Å². The Morgan fingerprint density at radius 3 is 2.39 bits per heavy atom. The highest BCUT2D eigenvalue weighted by atomic mass is 35.5. The van der Waals surface area contributed by atoms with Gasteiger partial charge in [0.15, 0.2) is 5.82 Å². The van der Waals surface area contributed by atoms with Crippen molar-refractivity contribution in [1.82, 2.24) is 4.98 Å². The van der Waals surface area contributed by atoms with Crippen molar-refractivity contribution in [2.45, 2.75) is 0 Å². The first kappa shape index (κ1) is 13.1. The zero-order valence-corrected chi connectivity index (χ0v) is 11.3. The minimum atomic E-state index is 0.270. The summed E-state index contributed by atoms with van der Waals surface area (Å²) in [5, 5.41) is 1.52. The Kier molecular flexibility index (Phi) is 4.07. The third-order valence-electron chi connectivity index (χ3n) is 2.15. The number of aromatic nitrogens is 1. The number of hydrogen-bond donors (Lipinski definition) is 1. The van der Waals surface area contributed by atoms with Crippen molar-refractivity contribution in [3.05, 3.63) is 57.2 Å². The first-order chi connectivity index (χ1) is 8.56. The molecule has 0 bridgehead atoms. The van der Waals surface area contributed by atoms with Gasteiger partial charge in [-0.15, -0.1) is 0 Å². The highest BCUT2D eigenvalue weighted by molar-refractivity contribution is 6.37. The average Bonchev–Trinajstić information content (AvgIpc) is 2.32. The predicted octanol–water partition coefficient (Wildman–Crippen LogP) is 4.08. The molecule has 2 N–H and O–H groups in total. The molecule has 0 saturated heterocycles. The van der Waals surface area contributed by atoms with Crippen LogP contribution < -0.4 is 5.73 Å². The lowest BCUT2D eigenvalue weighted by Gasteiger charge is -2.04. The van der Waals surface area contributed by atoms with Gasteiger partial charge in [-0.3, -0.25) is 0 Å². The third kappa shape index (κ3) is 3.13. The van der Waals surface area contributed by atoms with Crippen LogP contribution in [0.25, 0.3) is 0 Å². The van der Waals surface area contributed by atoms with Gasteiger partial charge < -0.3 is 5.73 Å². The van der Waals surface area contributed by atoms with E-state index in [-0.39, 0.29) is 5.84 Å². The van der Waals surface area contributed by atoms with Crippen molar-refractivity contribution < 1.29 is 0 Å². The van der Waals surface area contributed by atoms with Crippen molar-refractivity contribution in [2.75, 3.05) is 0 Å². The number of nitrogens with zero attached hydrogens (tertiary/aromatic N) is 2. The van der Waals surface area contributed by atoms with Crippen LogP contribution in [0.15, 0.2) is 41.5 Å². The fraction of sp³-hybridized carbons (Fsp3) is 0. The zero-order valence-electron chi connectivity index (χ0n) is 9.07. The Bertz CT molecular complexity index is 594. The van der Waals surface area contributed by atoms with E-state index in [1.54, 1.807) is 30.3 Å². The molecule has 0 aliphatic carbocycles. The molecule has 0 saturated carbocycles. The lowest BCUT2D eigenvalue weighted by atomic mass is 10.2. The highest BCUT2D eigenvalue weighted by Crippen LogP contribution is 2.22. The maximum atomic E-state index is 6.03. The van der Waals surface area contributed by atoms with Crippen LogP contribution in [0.5, 0.6) is 0 Å². The number of nitrogens with two attached hydrogens (primary N) is 1. The molecule has 2 rings (SSSR count). The molecule has 0 fully saturated rings. The normalized spacial score (nSPS) is 11.6. The van der Waals surface area contributed by atoms with Gasteiger partial charge in [-0.25, -0.2) is 9.98 Å². The van der Waals surface area contributed by atoms with Gasteiger partial charge in [-0.05, 0) is 30.3 Å². The van der Waals surface area contributed by atoms with Gasteiger partial charge in [0.1, 0.15) is 5.84 Å². The second-order valence-electron chi connectivity index (χ2n) is 3.46. The van der Waals surface area contributed by atoms with Crippen LogP contribution in [0, 0.1) is 0 Å². The van der Waals surface area contributed by atoms with E-state index in [4.69, 9.17) is 40.5 Å². The number of aliphatic imine (C=N–C) groups is 1. The molecular weight excluding hydrogens is 293 g/mol. The standard InChI is InChI=1S/C12H8Cl3N3/c13-7-1-3-9(10(15)5-7)12(16)18-11-4-2-8(14)6-17-11/h1-6H,(H2,16,17,18). The number of hydrogen-bond acceptors (Lipinski definition) is 2. The molecule has 0 aliphatic rings. The molecule has 6 heteroatoms. The van der Waals surface area contributed by atoms with Crippen molar-refractivity contribution in [1.29, 1.82) is 0 Å². The average molecular weight is 301 g/mol. The highest BCUT2D eigenvalue weighted by Gasteiger charge is 2.05. The Hall–Kier alpha value is -1.29. The monoisotopic (exact) mass is 299 g/mol. The van der Waals surface area contributed by atoms with Crippen LogP contribution in [0.3, 0.4) is 0 Å². The third-order valence-corrected chi connectivity index (χ3v) is 2.93. The lowest BCUT2D eigenvalue weighted by Crippen LogP contribution is -2.13. The molecule has 3 nitrogen and oxygen atoms in total. The number of rotatable bonds is 2. The van der Waals surface area contributed by atoms with Crippen LogP contribution >= 0.6 is 34.8 Å². The van der Waals surface area contributed by atoms with Crippen molar-refractivity contribution in [2.24, 2.45) is 10.7 Å². The SMILES string of the molecule is NC(=Nc1ccc(Cl)cn1)c1ccc(Cl)cc1Cl. The number of halogens is 3. The van der Waals surface area contributed by atoms with Gasteiger partial charge in [0, 0.05) is 16.8 Å². The molecule has 0 unspecified atom stereocenters. The second kappa shape index (κ2) is 5.57. The Balaban J connectivity index is 2.35. The summed E-state index contributed by atoms with van der Waals surface area (Å²) in [4.78, 5) is 8.18. The number of benzene rings is 1. The molecule has 1 heterocycles. The molecule has 0 spiro atoms. The minimum Gasteiger partial charge on any atom is -0.383 e. The van der Waals surface area contributed by atoms with Gasteiger partial charge in [-0.1, -0.05) is 34.8 Å². The van der Waals surface area contributed by atoms with Crippen LogP contribution in [-0.4, -0.2) is 10.8 Å². The largest absolute Gasteiger partial charge is 0.383 e. The molecule has 18 heavy (non-hydrogen) atoms. The number of amidine groups is 1. The maximum Gasteiger partial charge on any atom is 0.154 e. The summed E-state index contributed by atoms with van der Waals surface area (Å²) in [6.07, 6.45) is 1.50. The van der Waals surface area contributed by atoms with E-state index in [2.05, 4.69) is 9.98 Å². The Morgan fingerprint density at radius 2 is 1.78 bits per heavy atom. The van der Waals surface area contributed by atoms with Crippen LogP contribution in [0.1, 0.15) is 5.56 Å². The summed E-state index contributed by atoms with van der Waals surface area (Å²) in [5.41, 5.74) is 6.47. The predicted molar refractivity (Wildman–Crippen MR) is 76.1 cm³/mol. The molecule has 1 aromatic heterocycles. The fourth-order valence-electron chi connectivity index (χ4n) is 1.31. The van der Waals surface area contributed by atoms with Crippen molar-refractivity contribution >= 4 is 46.5 Å². The van der Waals surface area contributed by atoms with Crippen molar-refractivity contribution in [3.63, 3.8) is 0 Å². The minimum absolute atomic E-state index is 0.270. The molecule has 0 amide bonds. The smallest absolute Gasteiger partial charge is 0.154 e. The summed E-state index contributed by atoms with van der Waals surface area (Å²) in [5.74, 6) is 0.731. The van der Waals surface area contributed by atoms with E-state index in [1.165, 1.54) is 6.20 Å². The Labute approximate surface area is 119 Å². The summed E-state index contributed by atoms with van der Waals surface area (Å²) in [6, 6.07) is 8.36. The van der Waals surface area contributed by atoms with E-state index < -0.39 is 0 Å². The van der Waals surface area contributed by atoms with Gasteiger partial charge in [0.25, 0.3) is 0 Å². The van der Waals surface area contributed by atoms with E-state index >= 15 is 0 Å². The molecule has 0 atom stereocenters. The quantitative estimate of drug-likeness (QED) is 0.671. The fourth-order valence-corrected chi connectivity index (χ4v) is 1.93. The van der Waals surface area contributed by atoms with E-state index in [9.17, 15) is 0 Å².